The first-order valence-electron chi connectivity index (χ1n) is 2.49. The largest absolute Gasteiger partial charge is 0.531 e. The number of carboxylic acid groups (broad SMARTS) is 2. The summed E-state index contributed by atoms with van der Waals surface area (Å²) < 4.78 is 0. The maximum Gasteiger partial charge on any atom is 0.531 e. The summed E-state index contributed by atoms with van der Waals surface area (Å²) >= 11 is 0. The van der Waals surface area contributed by atoms with Crippen LogP contribution in [0.25, 0.3) is 0 Å². The number of hydrogen-bond acceptors (Lipinski definition) is 3. The molecule has 0 atom stereocenters. The maximum absolute atomic E-state index is 10.0. The summed E-state index contributed by atoms with van der Waals surface area (Å²) in [5.41, 5.74) is 0. The molecule has 0 aliphatic carbocycles. The van der Waals surface area contributed by atoms with Crippen molar-refractivity contribution in [3.8, 4) is 0 Å². The molecule has 0 aliphatic rings. The highest BCUT2D eigenvalue weighted by Crippen LogP contribution is 1.90. The van der Waals surface area contributed by atoms with Crippen molar-refractivity contribution in [3.05, 3.63) is 0 Å². The molecule has 0 heterocycles. The van der Waals surface area contributed by atoms with Crippen molar-refractivity contribution >= 4 is 12.2 Å². The molecule has 0 fully saturated rings. The van der Waals surface area contributed by atoms with E-state index in [-0.39, 0.29) is 6.54 Å². The highest BCUT2D eigenvalue weighted by atomic mass is 16.8. The van der Waals surface area contributed by atoms with Crippen LogP contribution in [0.4, 0.5) is 9.59 Å². The van der Waals surface area contributed by atoms with Gasteiger partial charge in [-0.25, -0.2) is 9.59 Å². The van der Waals surface area contributed by atoms with Crippen molar-refractivity contribution in [1.29, 1.82) is 0 Å². The molecule has 2 N–H and O–H groups in total. The topological polar surface area (TPSA) is 87.1 Å². The minimum absolute atomic E-state index is 0.0262. The van der Waals surface area contributed by atoms with E-state index in [2.05, 4.69) is 4.84 Å². The molecule has 0 rings (SSSR count). The van der Waals surface area contributed by atoms with Gasteiger partial charge in [0.15, 0.2) is 0 Å². The second kappa shape index (κ2) is 3.54. The minimum atomic E-state index is -1.63. The number of hydroxylamine groups is 2. The van der Waals surface area contributed by atoms with Gasteiger partial charge < -0.3 is 15.1 Å². The Morgan fingerprint density at radius 1 is 1.50 bits per heavy atom. The predicted molar refractivity (Wildman–Crippen MR) is 29.5 cm³/mol. The highest BCUT2D eigenvalue weighted by Gasteiger charge is 2.13. The van der Waals surface area contributed by atoms with Crippen LogP contribution in [0.1, 0.15) is 6.92 Å². The monoisotopic (exact) mass is 149 g/mol. The van der Waals surface area contributed by atoms with E-state index in [1.54, 1.807) is 0 Å². The standard InChI is InChI=1S/C4H7NO5/c1-2-5(3(6)7)10-4(8)9/h2H2,1H3,(H,6,7)(H,8,9). The van der Waals surface area contributed by atoms with Gasteiger partial charge in [0.25, 0.3) is 0 Å². The summed E-state index contributed by atoms with van der Waals surface area (Å²) in [4.78, 5) is 23.6. The first-order chi connectivity index (χ1) is 4.57. The van der Waals surface area contributed by atoms with Gasteiger partial charge in [0.05, 0.1) is 6.54 Å². The lowest BCUT2D eigenvalue weighted by Crippen LogP contribution is -2.31. The van der Waals surface area contributed by atoms with Crippen molar-refractivity contribution in [2.24, 2.45) is 0 Å². The zero-order valence-electron chi connectivity index (χ0n) is 5.27. The van der Waals surface area contributed by atoms with Crippen molar-refractivity contribution in [1.82, 2.24) is 5.06 Å². The Balaban J connectivity index is 3.83. The lowest BCUT2D eigenvalue weighted by atomic mass is 10.7. The van der Waals surface area contributed by atoms with Crippen LogP contribution in [0.3, 0.4) is 0 Å². The molecule has 0 radical (unpaired) electrons. The molecule has 0 saturated heterocycles. The van der Waals surface area contributed by atoms with Crippen molar-refractivity contribution in [3.63, 3.8) is 0 Å². The van der Waals surface area contributed by atoms with E-state index in [0.29, 0.717) is 5.06 Å². The number of amides is 1. The lowest BCUT2D eigenvalue weighted by Gasteiger charge is -2.11. The minimum Gasteiger partial charge on any atom is -0.463 e. The molecule has 0 bridgehead atoms. The molecule has 10 heavy (non-hydrogen) atoms. The molecule has 0 aromatic rings. The molecule has 0 unspecified atom stereocenters. The summed E-state index contributed by atoms with van der Waals surface area (Å²) in [5, 5.41) is 16.4. The smallest absolute Gasteiger partial charge is 0.463 e. The fourth-order valence-electron chi connectivity index (χ4n) is 0.333. The van der Waals surface area contributed by atoms with E-state index in [4.69, 9.17) is 10.2 Å². The molecule has 0 saturated carbocycles. The van der Waals surface area contributed by atoms with E-state index in [9.17, 15) is 9.59 Å². The third kappa shape index (κ3) is 2.75. The molecule has 1 amide bonds. The summed E-state index contributed by atoms with van der Waals surface area (Å²) in [7, 11) is 0. The third-order valence-corrected chi connectivity index (χ3v) is 0.689. The van der Waals surface area contributed by atoms with Gasteiger partial charge >= 0.3 is 12.2 Å². The molecule has 58 valence electrons. The van der Waals surface area contributed by atoms with Gasteiger partial charge in [0.2, 0.25) is 0 Å². The van der Waals surface area contributed by atoms with Crippen LogP contribution in [-0.4, -0.2) is 34.1 Å². The fraction of sp³-hybridized carbons (Fsp3) is 0.500. The van der Waals surface area contributed by atoms with E-state index in [0.717, 1.165) is 0 Å². The number of rotatable bonds is 1. The molecule has 6 heteroatoms. The Bertz CT molecular complexity index is 145. The molecule has 0 aliphatic heterocycles. The average molecular weight is 149 g/mol. The van der Waals surface area contributed by atoms with Crippen LogP contribution in [-0.2, 0) is 4.84 Å². The van der Waals surface area contributed by atoms with Crippen molar-refractivity contribution in [2.45, 2.75) is 6.92 Å². The van der Waals surface area contributed by atoms with E-state index < -0.39 is 12.2 Å². The van der Waals surface area contributed by atoms with Gasteiger partial charge in [-0.2, -0.15) is 0 Å². The van der Waals surface area contributed by atoms with Crippen LogP contribution >= 0.6 is 0 Å². The first-order valence-corrected chi connectivity index (χ1v) is 2.49. The zero-order chi connectivity index (χ0) is 8.15. The Labute approximate surface area is 56.6 Å². The van der Waals surface area contributed by atoms with Crippen LogP contribution in [0, 0.1) is 0 Å². The first kappa shape index (κ1) is 8.54. The average Bonchev–Trinajstić information content (AvgIpc) is 1.81. The van der Waals surface area contributed by atoms with Gasteiger partial charge in [-0.05, 0) is 6.92 Å². The van der Waals surface area contributed by atoms with E-state index in [1.165, 1.54) is 6.92 Å². The highest BCUT2D eigenvalue weighted by molar-refractivity contribution is 5.66. The Hall–Kier alpha value is -1.46. The summed E-state index contributed by atoms with van der Waals surface area (Å²) in [6, 6.07) is 0. The van der Waals surface area contributed by atoms with Crippen LogP contribution in [0.15, 0.2) is 0 Å². The fourth-order valence-corrected chi connectivity index (χ4v) is 0.333. The van der Waals surface area contributed by atoms with Crippen LogP contribution in [0.2, 0.25) is 0 Å². The quantitative estimate of drug-likeness (QED) is 0.533. The second-order valence-electron chi connectivity index (χ2n) is 1.33. The molecular weight excluding hydrogens is 142 g/mol. The third-order valence-electron chi connectivity index (χ3n) is 0.689. The molecule has 0 spiro atoms. The summed E-state index contributed by atoms with van der Waals surface area (Å²) in [6.45, 7) is 1.43. The lowest BCUT2D eigenvalue weighted by molar-refractivity contribution is -0.0920. The van der Waals surface area contributed by atoms with Gasteiger partial charge in [0.1, 0.15) is 0 Å². The Morgan fingerprint density at radius 3 is 2.10 bits per heavy atom. The van der Waals surface area contributed by atoms with E-state index in [1.807, 2.05) is 0 Å². The molecule has 0 aromatic heterocycles. The zero-order valence-corrected chi connectivity index (χ0v) is 5.27. The van der Waals surface area contributed by atoms with Crippen LogP contribution in [0.5, 0.6) is 0 Å². The van der Waals surface area contributed by atoms with Crippen molar-refractivity contribution < 1.29 is 24.6 Å². The second-order valence-corrected chi connectivity index (χ2v) is 1.33. The van der Waals surface area contributed by atoms with Gasteiger partial charge in [0, 0.05) is 0 Å². The number of nitrogens with zero attached hydrogens (tertiary/aromatic N) is 1. The Kier molecular flexibility index (Phi) is 3.03. The maximum atomic E-state index is 10.0. The number of hydrogen-bond donors (Lipinski definition) is 2. The number of carbonyl (C=O) groups is 2. The van der Waals surface area contributed by atoms with Gasteiger partial charge in [-0.1, -0.05) is 0 Å². The molecule has 6 nitrogen and oxygen atoms in total. The normalized spacial score (nSPS) is 8.50. The van der Waals surface area contributed by atoms with Crippen molar-refractivity contribution in [2.75, 3.05) is 6.54 Å². The summed E-state index contributed by atoms with van der Waals surface area (Å²) in [6.07, 6.45) is -3.06. The van der Waals surface area contributed by atoms with Crippen LogP contribution < -0.4 is 0 Å². The van der Waals surface area contributed by atoms with E-state index >= 15 is 0 Å². The SMILES string of the molecule is CCN(OC(=O)O)C(=O)O. The molecule has 0 aromatic carbocycles. The summed E-state index contributed by atoms with van der Waals surface area (Å²) in [5.74, 6) is 0. The van der Waals surface area contributed by atoms with Gasteiger partial charge in [-0.15, -0.1) is 5.06 Å². The molecular formula is C4H7NO5. The predicted octanol–water partition coefficient (Wildman–Crippen LogP) is 0.596. The van der Waals surface area contributed by atoms with Gasteiger partial charge in [-0.3, -0.25) is 0 Å². The Morgan fingerprint density at radius 2 is 2.00 bits per heavy atom.